The Kier molecular flexibility index (Phi) is 3.99. The molecule has 5 nitrogen and oxygen atoms in total. The second-order valence-corrected chi connectivity index (χ2v) is 3.55. The van der Waals surface area contributed by atoms with E-state index in [0.717, 1.165) is 5.56 Å². The molecule has 1 atom stereocenters. The van der Waals surface area contributed by atoms with Crippen LogP contribution in [-0.2, 0) is 16.0 Å². The van der Waals surface area contributed by atoms with Gasteiger partial charge in [-0.2, -0.15) is 0 Å². The van der Waals surface area contributed by atoms with E-state index in [4.69, 9.17) is 0 Å². The van der Waals surface area contributed by atoms with E-state index in [-0.39, 0.29) is 17.6 Å². The molecule has 0 saturated carbocycles. The first-order valence-corrected chi connectivity index (χ1v) is 4.85. The first-order valence-electron chi connectivity index (χ1n) is 4.85. The molecule has 0 aromatic heterocycles. The highest BCUT2D eigenvalue weighted by Gasteiger charge is 2.14. The first-order chi connectivity index (χ1) is 7.54. The number of benzene rings is 1. The van der Waals surface area contributed by atoms with Gasteiger partial charge in [0.15, 0.2) is 0 Å². The number of non-ortho nitro benzene ring substituents is 1. The predicted octanol–water partition coefficient (Wildman–Crippen LogP) is 1.95. The van der Waals surface area contributed by atoms with Crippen LogP contribution in [0.4, 0.5) is 5.69 Å². The fourth-order valence-electron chi connectivity index (χ4n) is 1.39. The summed E-state index contributed by atoms with van der Waals surface area (Å²) in [5.41, 5.74) is 0.929. The summed E-state index contributed by atoms with van der Waals surface area (Å²) in [5, 5.41) is 10.4. The maximum absolute atomic E-state index is 11.2. The van der Waals surface area contributed by atoms with E-state index in [1.54, 1.807) is 19.1 Å². The number of hydrogen-bond donors (Lipinski definition) is 0. The van der Waals surface area contributed by atoms with Gasteiger partial charge in [0.05, 0.1) is 18.0 Å². The third-order valence-electron chi connectivity index (χ3n) is 2.29. The number of methoxy groups -OCH3 is 1. The third-order valence-corrected chi connectivity index (χ3v) is 2.29. The Morgan fingerprint density at radius 3 is 2.44 bits per heavy atom. The molecule has 1 unspecified atom stereocenters. The summed E-state index contributed by atoms with van der Waals surface area (Å²) in [5.74, 6) is -0.523. The van der Waals surface area contributed by atoms with Gasteiger partial charge in [0, 0.05) is 12.1 Å². The Balaban J connectivity index is 2.68. The molecule has 0 amide bonds. The topological polar surface area (TPSA) is 69.4 Å². The fourth-order valence-corrected chi connectivity index (χ4v) is 1.39. The number of carbonyl (C=O) groups excluding carboxylic acids is 1. The molecule has 86 valence electrons. The lowest BCUT2D eigenvalue weighted by Gasteiger charge is -2.08. The summed E-state index contributed by atoms with van der Waals surface area (Å²) in [6.07, 6.45) is 0.519. The Bertz CT molecular complexity index is 385. The number of nitro groups is 1. The molecule has 1 aromatic carbocycles. The largest absolute Gasteiger partial charge is 0.469 e. The van der Waals surface area contributed by atoms with Crippen molar-refractivity contribution in [2.45, 2.75) is 13.3 Å². The Hall–Kier alpha value is -1.91. The van der Waals surface area contributed by atoms with Crippen LogP contribution in [0.15, 0.2) is 24.3 Å². The van der Waals surface area contributed by atoms with Gasteiger partial charge in [0.25, 0.3) is 5.69 Å². The zero-order valence-corrected chi connectivity index (χ0v) is 9.17. The maximum atomic E-state index is 11.2. The van der Waals surface area contributed by atoms with Gasteiger partial charge >= 0.3 is 5.97 Å². The van der Waals surface area contributed by atoms with E-state index in [0.29, 0.717) is 6.42 Å². The molecule has 16 heavy (non-hydrogen) atoms. The third kappa shape index (κ3) is 3.05. The second kappa shape index (κ2) is 5.25. The minimum atomic E-state index is -0.451. The van der Waals surface area contributed by atoms with Crippen LogP contribution in [0.1, 0.15) is 12.5 Å². The molecule has 0 aliphatic heterocycles. The van der Waals surface area contributed by atoms with Gasteiger partial charge in [0.2, 0.25) is 0 Å². The quantitative estimate of drug-likeness (QED) is 0.444. The number of ether oxygens (including phenoxy) is 1. The van der Waals surface area contributed by atoms with Crippen molar-refractivity contribution in [1.82, 2.24) is 0 Å². The lowest BCUT2D eigenvalue weighted by Crippen LogP contribution is -2.15. The highest BCUT2D eigenvalue weighted by Crippen LogP contribution is 2.15. The van der Waals surface area contributed by atoms with Crippen molar-refractivity contribution >= 4 is 11.7 Å². The van der Waals surface area contributed by atoms with Crippen LogP contribution in [-0.4, -0.2) is 18.0 Å². The highest BCUT2D eigenvalue weighted by atomic mass is 16.6. The van der Waals surface area contributed by atoms with E-state index in [1.807, 2.05) is 0 Å². The summed E-state index contributed by atoms with van der Waals surface area (Å²) in [6, 6.07) is 6.16. The van der Waals surface area contributed by atoms with E-state index in [9.17, 15) is 14.9 Å². The van der Waals surface area contributed by atoms with Crippen molar-refractivity contribution < 1.29 is 14.5 Å². The average Bonchev–Trinajstić information content (AvgIpc) is 2.28. The average molecular weight is 223 g/mol. The van der Waals surface area contributed by atoms with Gasteiger partial charge in [0.1, 0.15) is 0 Å². The molecule has 0 heterocycles. The van der Waals surface area contributed by atoms with Crippen molar-refractivity contribution in [3.8, 4) is 0 Å². The molecule has 1 rings (SSSR count). The number of esters is 1. The molecule has 0 fully saturated rings. The van der Waals surface area contributed by atoms with E-state index >= 15 is 0 Å². The SMILES string of the molecule is COC(=O)C(C)Cc1ccc([N+](=O)[O-])cc1. The second-order valence-electron chi connectivity index (χ2n) is 3.55. The van der Waals surface area contributed by atoms with Gasteiger partial charge in [-0.3, -0.25) is 14.9 Å². The van der Waals surface area contributed by atoms with Crippen molar-refractivity contribution in [3.63, 3.8) is 0 Å². The molecule has 0 aliphatic rings. The Morgan fingerprint density at radius 2 is 2.00 bits per heavy atom. The van der Waals surface area contributed by atoms with Gasteiger partial charge in [-0.05, 0) is 12.0 Å². The normalized spacial score (nSPS) is 11.9. The molecule has 0 radical (unpaired) electrons. The van der Waals surface area contributed by atoms with Crippen molar-refractivity contribution in [3.05, 3.63) is 39.9 Å². The molecule has 0 aliphatic carbocycles. The van der Waals surface area contributed by atoms with Crippen molar-refractivity contribution in [2.75, 3.05) is 7.11 Å². The number of carbonyl (C=O) groups is 1. The summed E-state index contributed by atoms with van der Waals surface area (Å²) in [7, 11) is 1.34. The summed E-state index contributed by atoms with van der Waals surface area (Å²) < 4.78 is 4.60. The smallest absolute Gasteiger partial charge is 0.308 e. The molecule has 1 aromatic rings. The Labute approximate surface area is 93.2 Å². The molecule has 0 spiro atoms. The Morgan fingerprint density at radius 1 is 1.44 bits per heavy atom. The summed E-state index contributed by atoms with van der Waals surface area (Å²) in [4.78, 5) is 21.1. The number of nitro benzene ring substituents is 1. The lowest BCUT2D eigenvalue weighted by molar-refractivity contribution is -0.384. The van der Waals surface area contributed by atoms with E-state index in [1.165, 1.54) is 19.2 Å². The number of nitrogens with zero attached hydrogens (tertiary/aromatic N) is 1. The first kappa shape index (κ1) is 12.2. The minimum absolute atomic E-state index is 0.0504. The number of rotatable bonds is 4. The standard InChI is InChI=1S/C11H13NO4/c1-8(11(13)16-2)7-9-3-5-10(6-4-9)12(14)15/h3-6,8H,7H2,1-2H3. The van der Waals surface area contributed by atoms with Crippen LogP contribution in [0, 0.1) is 16.0 Å². The minimum Gasteiger partial charge on any atom is -0.469 e. The van der Waals surface area contributed by atoms with Gasteiger partial charge in [-0.25, -0.2) is 0 Å². The van der Waals surface area contributed by atoms with Gasteiger partial charge in [-0.15, -0.1) is 0 Å². The van der Waals surface area contributed by atoms with Crippen LogP contribution < -0.4 is 0 Å². The van der Waals surface area contributed by atoms with Crippen LogP contribution >= 0.6 is 0 Å². The monoisotopic (exact) mass is 223 g/mol. The molecule has 0 N–H and O–H groups in total. The summed E-state index contributed by atoms with van der Waals surface area (Å²) >= 11 is 0. The fraction of sp³-hybridized carbons (Fsp3) is 0.364. The molecule has 5 heteroatoms. The highest BCUT2D eigenvalue weighted by molar-refractivity contribution is 5.72. The van der Waals surface area contributed by atoms with Crippen molar-refractivity contribution in [2.24, 2.45) is 5.92 Å². The van der Waals surface area contributed by atoms with Crippen LogP contribution in [0.5, 0.6) is 0 Å². The molecule has 0 bridgehead atoms. The van der Waals surface area contributed by atoms with Crippen molar-refractivity contribution in [1.29, 1.82) is 0 Å². The molecular formula is C11H13NO4. The molecular weight excluding hydrogens is 210 g/mol. The van der Waals surface area contributed by atoms with Gasteiger partial charge in [-0.1, -0.05) is 19.1 Å². The van der Waals surface area contributed by atoms with Gasteiger partial charge < -0.3 is 4.74 Å². The lowest BCUT2D eigenvalue weighted by atomic mass is 10.0. The van der Waals surface area contributed by atoms with Crippen LogP contribution in [0.2, 0.25) is 0 Å². The van der Waals surface area contributed by atoms with E-state index in [2.05, 4.69) is 4.74 Å². The van der Waals surface area contributed by atoms with Crippen LogP contribution in [0.3, 0.4) is 0 Å². The summed E-state index contributed by atoms with van der Waals surface area (Å²) in [6.45, 7) is 1.76. The zero-order chi connectivity index (χ0) is 12.1. The zero-order valence-electron chi connectivity index (χ0n) is 9.17. The number of hydrogen-bond acceptors (Lipinski definition) is 4. The predicted molar refractivity (Wildman–Crippen MR) is 58.0 cm³/mol. The van der Waals surface area contributed by atoms with E-state index < -0.39 is 4.92 Å². The maximum Gasteiger partial charge on any atom is 0.308 e. The van der Waals surface area contributed by atoms with Crippen LogP contribution in [0.25, 0.3) is 0 Å². The molecule has 0 saturated heterocycles.